The van der Waals surface area contributed by atoms with Crippen LogP contribution < -0.4 is 16.0 Å². The molecule has 1 aromatic rings. The quantitative estimate of drug-likeness (QED) is 0.815. The monoisotopic (exact) mass is 233 g/mol. The molecule has 1 amide bonds. The summed E-state index contributed by atoms with van der Waals surface area (Å²) in [5.41, 5.74) is 6.95. The molecule has 4 heteroatoms. The van der Waals surface area contributed by atoms with E-state index in [2.05, 4.69) is 17.1 Å². The molecule has 0 radical (unpaired) electrons. The van der Waals surface area contributed by atoms with Crippen molar-refractivity contribution in [2.24, 2.45) is 5.73 Å². The third kappa shape index (κ3) is 2.58. The van der Waals surface area contributed by atoms with Gasteiger partial charge in [0.1, 0.15) is 0 Å². The SMILES string of the molecule is CCN(c1ccc(C(N)=O)cc1)C1CCNC1. The Morgan fingerprint density at radius 1 is 1.47 bits per heavy atom. The summed E-state index contributed by atoms with van der Waals surface area (Å²) in [5.74, 6) is -0.373. The molecule has 1 unspecified atom stereocenters. The second-order valence-corrected chi connectivity index (χ2v) is 4.34. The van der Waals surface area contributed by atoms with Gasteiger partial charge in [-0.25, -0.2) is 0 Å². The number of carbonyl (C=O) groups excluding carboxylic acids is 1. The second-order valence-electron chi connectivity index (χ2n) is 4.34. The van der Waals surface area contributed by atoms with Crippen molar-refractivity contribution in [1.82, 2.24) is 5.32 Å². The fourth-order valence-corrected chi connectivity index (χ4v) is 2.37. The van der Waals surface area contributed by atoms with Gasteiger partial charge in [-0.05, 0) is 44.2 Å². The summed E-state index contributed by atoms with van der Waals surface area (Å²) in [6, 6.07) is 8.09. The summed E-state index contributed by atoms with van der Waals surface area (Å²) in [6.45, 7) is 5.24. The standard InChI is InChI=1S/C13H19N3O/c1-2-16(12-7-8-15-9-12)11-5-3-10(4-6-11)13(14)17/h3-6,12,15H,2,7-9H2,1H3,(H2,14,17). The predicted octanol–water partition coefficient (Wildman–Crippen LogP) is 0.974. The predicted molar refractivity (Wildman–Crippen MR) is 69.3 cm³/mol. The first-order valence-corrected chi connectivity index (χ1v) is 6.09. The molecule has 3 N–H and O–H groups in total. The molecule has 1 atom stereocenters. The zero-order valence-electron chi connectivity index (χ0n) is 10.1. The lowest BCUT2D eigenvalue weighted by Crippen LogP contribution is -2.36. The van der Waals surface area contributed by atoms with Gasteiger partial charge in [-0.2, -0.15) is 0 Å². The number of likely N-dealkylation sites (N-methyl/N-ethyl adjacent to an activating group) is 1. The van der Waals surface area contributed by atoms with Gasteiger partial charge in [-0.3, -0.25) is 4.79 Å². The molecule has 1 aliphatic heterocycles. The number of nitrogens with two attached hydrogens (primary N) is 1. The number of nitrogens with zero attached hydrogens (tertiary/aromatic N) is 1. The Labute approximate surface area is 102 Å². The number of amides is 1. The van der Waals surface area contributed by atoms with Gasteiger partial charge in [-0.1, -0.05) is 0 Å². The van der Waals surface area contributed by atoms with Crippen molar-refractivity contribution in [2.45, 2.75) is 19.4 Å². The number of nitrogens with one attached hydrogen (secondary N) is 1. The number of primary amides is 1. The lowest BCUT2D eigenvalue weighted by atomic mass is 10.1. The van der Waals surface area contributed by atoms with E-state index in [4.69, 9.17) is 5.73 Å². The van der Waals surface area contributed by atoms with Gasteiger partial charge in [0.15, 0.2) is 0 Å². The fourth-order valence-electron chi connectivity index (χ4n) is 2.37. The summed E-state index contributed by atoms with van der Waals surface area (Å²) in [7, 11) is 0. The molecule has 4 nitrogen and oxygen atoms in total. The summed E-state index contributed by atoms with van der Waals surface area (Å²) in [6.07, 6.45) is 1.17. The molecule has 0 aromatic heterocycles. The molecule has 1 aliphatic rings. The number of benzene rings is 1. The Hall–Kier alpha value is -1.55. The zero-order valence-corrected chi connectivity index (χ0v) is 10.1. The van der Waals surface area contributed by atoms with E-state index in [9.17, 15) is 4.79 Å². The second kappa shape index (κ2) is 5.19. The molecular weight excluding hydrogens is 214 g/mol. The van der Waals surface area contributed by atoms with Gasteiger partial charge in [0, 0.05) is 30.4 Å². The van der Waals surface area contributed by atoms with Crippen molar-refractivity contribution in [3.63, 3.8) is 0 Å². The molecule has 1 fully saturated rings. The zero-order chi connectivity index (χ0) is 12.3. The highest BCUT2D eigenvalue weighted by molar-refractivity contribution is 5.93. The smallest absolute Gasteiger partial charge is 0.248 e. The van der Waals surface area contributed by atoms with E-state index >= 15 is 0 Å². The number of hydrogen-bond acceptors (Lipinski definition) is 3. The van der Waals surface area contributed by atoms with Crippen molar-refractivity contribution >= 4 is 11.6 Å². The fraction of sp³-hybridized carbons (Fsp3) is 0.462. The molecule has 1 aromatic carbocycles. The molecule has 1 saturated heterocycles. The Morgan fingerprint density at radius 3 is 2.65 bits per heavy atom. The molecule has 2 rings (SSSR count). The first-order valence-electron chi connectivity index (χ1n) is 6.09. The summed E-state index contributed by atoms with van der Waals surface area (Å²) >= 11 is 0. The highest BCUT2D eigenvalue weighted by atomic mass is 16.1. The maximum absolute atomic E-state index is 11.0. The van der Waals surface area contributed by atoms with Crippen LogP contribution in [0, 0.1) is 0 Å². The number of hydrogen-bond donors (Lipinski definition) is 2. The highest BCUT2D eigenvalue weighted by Gasteiger charge is 2.21. The van der Waals surface area contributed by atoms with Crippen molar-refractivity contribution in [3.05, 3.63) is 29.8 Å². The van der Waals surface area contributed by atoms with E-state index < -0.39 is 0 Å². The molecule has 1 heterocycles. The third-order valence-electron chi connectivity index (χ3n) is 3.30. The van der Waals surface area contributed by atoms with Crippen LogP contribution in [-0.4, -0.2) is 31.6 Å². The Balaban J connectivity index is 2.16. The number of rotatable bonds is 4. The van der Waals surface area contributed by atoms with Crippen molar-refractivity contribution in [1.29, 1.82) is 0 Å². The number of anilines is 1. The lowest BCUT2D eigenvalue weighted by molar-refractivity contribution is 0.100. The molecule has 0 spiro atoms. The third-order valence-corrected chi connectivity index (χ3v) is 3.30. The van der Waals surface area contributed by atoms with Gasteiger partial charge >= 0.3 is 0 Å². The van der Waals surface area contributed by atoms with Gasteiger partial charge in [-0.15, -0.1) is 0 Å². The minimum absolute atomic E-state index is 0.373. The first kappa shape index (κ1) is 11.9. The maximum Gasteiger partial charge on any atom is 0.248 e. The van der Waals surface area contributed by atoms with Gasteiger partial charge in [0.25, 0.3) is 0 Å². The Morgan fingerprint density at radius 2 is 2.18 bits per heavy atom. The molecule has 92 valence electrons. The van der Waals surface area contributed by atoms with Crippen LogP contribution in [-0.2, 0) is 0 Å². The highest BCUT2D eigenvalue weighted by Crippen LogP contribution is 2.20. The summed E-state index contributed by atoms with van der Waals surface area (Å²) < 4.78 is 0. The summed E-state index contributed by atoms with van der Waals surface area (Å²) in [5, 5.41) is 3.37. The first-order chi connectivity index (χ1) is 8.22. The molecule has 17 heavy (non-hydrogen) atoms. The average molecular weight is 233 g/mol. The van der Waals surface area contributed by atoms with E-state index in [-0.39, 0.29) is 5.91 Å². The largest absolute Gasteiger partial charge is 0.367 e. The van der Waals surface area contributed by atoms with Crippen LogP contribution >= 0.6 is 0 Å². The van der Waals surface area contributed by atoms with Gasteiger partial charge in [0.2, 0.25) is 5.91 Å². The van der Waals surface area contributed by atoms with Crippen LogP contribution in [0.1, 0.15) is 23.7 Å². The van der Waals surface area contributed by atoms with Crippen LogP contribution in [0.25, 0.3) is 0 Å². The lowest BCUT2D eigenvalue weighted by Gasteiger charge is -2.29. The topological polar surface area (TPSA) is 58.4 Å². The van der Waals surface area contributed by atoms with Crippen LogP contribution in [0.4, 0.5) is 5.69 Å². The average Bonchev–Trinajstić information content (AvgIpc) is 2.84. The normalized spacial score (nSPS) is 19.2. The number of carbonyl (C=O) groups is 1. The minimum atomic E-state index is -0.373. The Bertz CT molecular complexity index is 382. The van der Waals surface area contributed by atoms with E-state index in [1.807, 2.05) is 12.1 Å². The molecule has 0 aliphatic carbocycles. The molecule has 0 bridgehead atoms. The Kier molecular flexibility index (Phi) is 3.64. The van der Waals surface area contributed by atoms with Crippen molar-refractivity contribution in [2.75, 3.05) is 24.5 Å². The van der Waals surface area contributed by atoms with E-state index in [1.165, 1.54) is 6.42 Å². The van der Waals surface area contributed by atoms with Crippen LogP contribution in [0.2, 0.25) is 0 Å². The van der Waals surface area contributed by atoms with Gasteiger partial charge in [0.05, 0.1) is 0 Å². The van der Waals surface area contributed by atoms with E-state index in [1.54, 1.807) is 12.1 Å². The van der Waals surface area contributed by atoms with Gasteiger partial charge < -0.3 is 16.0 Å². The van der Waals surface area contributed by atoms with Crippen LogP contribution in [0.15, 0.2) is 24.3 Å². The minimum Gasteiger partial charge on any atom is -0.367 e. The van der Waals surface area contributed by atoms with E-state index in [0.717, 1.165) is 25.3 Å². The van der Waals surface area contributed by atoms with Crippen LogP contribution in [0.3, 0.4) is 0 Å². The maximum atomic E-state index is 11.0. The molecule has 0 saturated carbocycles. The van der Waals surface area contributed by atoms with Crippen molar-refractivity contribution in [3.8, 4) is 0 Å². The summed E-state index contributed by atoms with van der Waals surface area (Å²) in [4.78, 5) is 13.4. The van der Waals surface area contributed by atoms with Crippen molar-refractivity contribution < 1.29 is 4.79 Å². The van der Waals surface area contributed by atoms with Crippen LogP contribution in [0.5, 0.6) is 0 Å². The van der Waals surface area contributed by atoms with E-state index in [0.29, 0.717) is 11.6 Å². The molecular formula is C13H19N3O.